The average Bonchev–Trinajstić information content (AvgIpc) is 2.26. The molecule has 2 atom stereocenters. The Kier molecular flexibility index (Phi) is 4.66. The highest BCUT2D eigenvalue weighted by Crippen LogP contribution is 2.42. The van der Waals surface area contributed by atoms with Crippen molar-refractivity contribution >= 4 is 12.1 Å². The number of aldehydes is 1. The zero-order chi connectivity index (χ0) is 12.2. The second-order valence-electron chi connectivity index (χ2n) is 5.42. The van der Waals surface area contributed by atoms with Crippen molar-refractivity contribution in [3.63, 3.8) is 0 Å². The molecule has 0 saturated heterocycles. The Balaban J connectivity index is 2.44. The molecule has 0 aromatic rings. The molecular weight excluding hydrogens is 204 g/mol. The molecule has 92 valence electrons. The molecule has 1 rings (SSSR count). The Bertz CT molecular complexity index is 260. The van der Waals surface area contributed by atoms with Gasteiger partial charge in [-0.1, -0.05) is 27.2 Å². The number of carbonyl (C=O) groups excluding carboxylic acids is 2. The van der Waals surface area contributed by atoms with E-state index < -0.39 is 5.78 Å². The molecule has 1 aliphatic carbocycles. The van der Waals surface area contributed by atoms with E-state index in [1.54, 1.807) is 0 Å². The molecule has 0 bridgehead atoms. The maximum atomic E-state index is 10.9. The van der Waals surface area contributed by atoms with Gasteiger partial charge >= 0.3 is 0 Å². The maximum Gasteiger partial charge on any atom is 0.220 e. The van der Waals surface area contributed by atoms with Gasteiger partial charge in [-0.2, -0.15) is 0 Å². The van der Waals surface area contributed by atoms with Gasteiger partial charge in [0, 0.05) is 0 Å². The van der Waals surface area contributed by atoms with Gasteiger partial charge in [0.05, 0.1) is 6.10 Å². The van der Waals surface area contributed by atoms with Gasteiger partial charge in [0.2, 0.25) is 5.78 Å². The largest absolute Gasteiger partial charge is 0.370 e. The third-order valence-corrected chi connectivity index (χ3v) is 3.95. The van der Waals surface area contributed by atoms with Crippen LogP contribution in [0.3, 0.4) is 0 Å². The second kappa shape index (κ2) is 5.58. The lowest BCUT2D eigenvalue weighted by molar-refractivity contribution is -0.135. The minimum absolute atomic E-state index is 0.0532. The van der Waals surface area contributed by atoms with Crippen LogP contribution in [0.2, 0.25) is 0 Å². The lowest BCUT2D eigenvalue weighted by atomic mass is 9.67. The Hall–Kier alpha value is -0.700. The van der Waals surface area contributed by atoms with Crippen LogP contribution in [0.1, 0.15) is 46.5 Å². The first-order valence-corrected chi connectivity index (χ1v) is 6.07. The van der Waals surface area contributed by atoms with Gasteiger partial charge in [0.15, 0.2) is 6.29 Å². The lowest BCUT2D eigenvalue weighted by Crippen LogP contribution is -2.35. The first-order chi connectivity index (χ1) is 7.48. The normalized spacial score (nSPS) is 30.4. The van der Waals surface area contributed by atoms with Crippen molar-refractivity contribution in [3.8, 4) is 0 Å². The van der Waals surface area contributed by atoms with Crippen molar-refractivity contribution in [2.75, 3.05) is 6.61 Å². The molecule has 0 spiro atoms. The number of hydrogen-bond acceptors (Lipinski definition) is 3. The van der Waals surface area contributed by atoms with E-state index in [1.165, 1.54) is 6.42 Å². The van der Waals surface area contributed by atoms with Crippen LogP contribution in [0, 0.1) is 11.3 Å². The van der Waals surface area contributed by atoms with Crippen molar-refractivity contribution in [2.45, 2.75) is 52.6 Å². The summed E-state index contributed by atoms with van der Waals surface area (Å²) in [6, 6.07) is 0. The summed E-state index contributed by atoms with van der Waals surface area (Å²) >= 11 is 0. The van der Waals surface area contributed by atoms with Crippen molar-refractivity contribution in [1.29, 1.82) is 0 Å². The second-order valence-corrected chi connectivity index (χ2v) is 5.42. The first-order valence-electron chi connectivity index (χ1n) is 6.07. The van der Waals surface area contributed by atoms with Crippen molar-refractivity contribution in [3.05, 3.63) is 0 Å². The molecular formula is C13H22O3. The molecule has 2 unspecified atom stereocenters. The fraction of sp³-hybridized carbons (Fsp3) is 0.846. The molecule has 3 heteroatoms. The van der Waals surface area contributed by atoms with E-state index in [0.717, 1.165) is 19.3 Å². The summed E-state index contributed by atoms with van der Waals surface area (Å²) in [5.41, 5.74) is 0.313. The summed E-state index contributed by atoms with van der Waals surface area (Å²) in [6.07, 6.45) is 4.86. The third-order valence-electron chi connectivity index (χ3n) is 3.95. The molecule has 0 radical (unpaired) electrons. The molecule has 0 aliphatic heterocycles. The molecule has 0 amide bonds. The summed E-state index contributed by atoms with van der Waals surface area (Å²) in [4.78, 5) is 21.0. The Morgan fingerprint density at radius 1 is 1.56 bits per heavy atom. The van der Waals surface area contributed by atoms with Crippen LogP contribution >= 0.6 is 0 Å². The zero-order valence-corrected chi connectivity index (χ0v) is 10.5. The number of ether oxygens (including phenoxy) is 1. The lowest BCUT2D eigenvalue weighted by Gasteiger charge is -2.41. The van der Waals surface area contributed by atoms with Crippen LogP contribution < -0.4 is 0 Å². The molecule has 0 aromatic carbocycles. The number of Topliss-reactive ketones (excluding diaryl/α,β-unsaturated/α-hetero) is 1. The van der Waals surface area contributed by atoms with E-state index in [0.29, 0.717) is 17.6 Å². The highest BCUT2D eigenvalue weighted by Gasteiger charge is 2.35. The van der Waals surface area contributed by atoms with Gasteiger partial charge in [-0.3, -0.25) is 9.59 Å². The predicted molar refractivity (Wildman–Crippen MR) is 62.2 cm³/mol. The van der Waals surface area contributed by atoms with Crippen LogP contribution in [-0.4, -0.2) is 24.8 Å². The highest BCUT2D eigenvalue weighted by atomic mass is 16.5. The SMILES string of the molecule is CC(C)C1(C)CCCC(OCC(=O)C=O)C1. The zero-order valence-electron chi connectivity index (χ0n) is 10.5. The monoisotopic (exact) mass is 226 g/mol. The van der Waals surface area contributed by atoms with Gasteiger partial charge in [0.1, 0.15) is 6.61 Å². The Labute approximate surface area is 97.5 Å². The number of hydrogen-bond donors (Lipinski definition) is 0. The minimum Gasteiger partial charge on any atom is -0.370 e. The molecule has 1 fully saturated rings. The smallest absolute Gasteiger partial charge is 0.220 e. The molecule has 3 nitrogen and oxygen atoms in total. The van der Waals surface area contributed by atoms with E-state index in [4.69, 9.17) is 4.74 Å². The van der Waals surface area contributed by atoms with Crippen LogP contribution in [0.15, 0.2) is 0 Å². The minimum atomic E-state index is -0.461. The topological polar surface area (TPSA) is 43.4 Å². The number of carbonyl (C=O) groups is 2. The number of ketones is 1. The number of rotatable bonds is 5. The van der Waals surface area contributed by atoms with Crippen molar-refractivity contribution in [2.24, 2.45) is 11.3 Å². The average molecular weight is 226 g/mol. The standard InChI is InChI=1S/C13H22O3/c1-10(2)13(3)6-4-5-12(7-13)16-9-11(15)8-14/h8,10,12H,4-7,9H2,1-3H3. The predicted octanol–water partition coefficient (Wildman–Crippen LogP) is 2.38. The summed E-state index contributed by atoms with van der Waals surface area (Å²) in [5.74, 6) is 0.164. The Morgan fingerprint density at radius 2 is 2.25 bits per heavy atom. The molecule has 1 aliphatic rings. The van der Waals surface area contributed by atoms with Crippen LogP contribution in [0.25, 0.3) is 0 Å². The van der Waals surface area contributed by atoms with Gasteiger partial charge < -0.3 is 4.74 Å². The quantitative estimate of drug-likeness (QED) is 0.534. The van der Waals surface area contributed by atoms with Crippen LogP contribution in [0.4, 0.5) is 0 Å². The fourth-order valence-corrected chi connectivity index (χ4v) is 2.36. The van der Waals surface area contributed by atoms with E-state index in [9.17, 15) is 9.59 Å². The van der Waals surface area contributed by atoms with E-state index in [2.05, 4.69) is 20.8 Å². The van der Waals surface area contributed by atoms with E-state index >= 15 is 0 Å². The molecule has 1 saturated carbocycles. The van der Waals surface area contributed by atoms with Crippen molar-refractivity contribution in [1.82, 2.24) is 0 Å². The van der Waals surface area contributed by atoms with E-state index in [-0.39, 0.29) is 12.7 Å². The summed E-state index contributed by atoms with van der Waals surface area (Å²) in [6.45, 7) is 6.70. The van der Waals surface area contributed by atoms with E-state index in [1.807, 2.05) is 0 Å². The third kappa shape index (κ3) is 3.41. The molecule has 0 N–H and O–H groups in total. The van der Waals surface area contributed by atoms with Crippen molar-refractivity contribution < 1.29 is 14.3 Å². The fourth-order valence-electron chi connectivity index (χ4n) is 2.36. The van der Waals surface area contributed by atoms with Gasteiger partial charge in [-0.15, -0.1) is 0 Å². The molecule has 0 aromatic heterocycles. The van der Waals surface area contributed by atoms with Gasteiger partial charge in [-0.25, -0.2) is 0 Å². The van der Waals surface area contributed by atoms with Crippen LogP contribution in [0.5, 0.6) is 0 Å². The summed E-state index contributed by atoms with van der Waals surface area (Å²) in [5, 5.41) is 0. The van der Waals surface area contributed by atoms with Crippen LogP contribution in [-0.2, 0) is 14.3 Å². The van der Waals surface area contributed by atoms with Gasteiger partial charge in [-0.05, 0) is 30.6 Å². The highest BCUT2D eigenvalue weighted by molar-refractivity contribution is 6.25. The first kappa shape index (κ1) is 13.4. The maximum absolute atomic E-state index is 10.9. The summed E-state index contributed by atoms with van der Waals surface area (Å²) < 4.78 is 5.50. The van der Waals surface area contributed by atoms with Gasteiger partial charge in [0.25, 0.3) is 0 Å². The molecule has 0 heterocycles. The summed E-state index contributed by atoms with van der Waals surface area (Å²) in [7, 11) is 0. The molecule has 16 heavy (non-hydrogen) atoms. The Morgan fingerprint density at radius 3 is 2.81 bits per heavy atom.